The number of fused-ring (bicyclic) bond motifs is 1. The van der Waals surface area contributed by atoms with E-state index >= 15 is 0 Å². The Morgan fingerprint density at radius 2 is 1.63 bits per heavy atom. The fourth-order valence-corrected chi connectivity index (χ4v) is 8.40. The SMILES string of the molecule is C=CCNC(=O)C(=O)[C@@H](CCC)NC(=O)[C@@H]1[C@@H]2[C@H](CN1C(=O)[C@@H](NC(=O)N[C@H](CN(C)S(=O)(=O)N(C)C)C(C)C)C1CCCCC1)C2(C)C. The third kappa shape index (κ3) is 9.40. The van der Waals surface area contributed by atoms with Crippen molar-refractivity contribution in [3.05, 3.63) is 12.7 Å². The molecule has 0 bridgehead atoms. The molecule has 0 radical (unpaired) electrons. The van der Waals surface area contributed by atoms with Crippen LogP contribution in [0.4, 0.5) is 4.79 Å². The van der Waals surface area contributed by atoms with Crippen molar-refractivity contribution in [2.45, 2.75) is 104 Å². The lowest BCUT2D eigenvalue weighted by molar-refractivity contribution is -0.144. The summed E-state index contributed by atoms with van der Waals surface area (Å²) in [6.07, 6.45) is 6.61. The number of amides is 5. The molecular formula is C34H59N7O7S. The van der Waals surface area contributed by atoms with Gasteiger partial charge in [-0.25, -0.2) is 4.79 Å². The predicted molar refractivity (Wildman–Crippen MR) is 187 cm³/mol. The number of ketones is 1. The highest BCUT2D eigenvalue weighted by molar-refractivity contribution is 7.86. The van der Waals surface area contributed by atoms with Crippen LogP contribution in [0.25, 0.3) is 0 Å². The summed E-state index contributed by atoms with van der Waals surface area (Å²) >= 11 is 0. The van der Waals surface area contributed by atoms with E-state index in [1.165, 1.54) is 31.5 Å². The maximum atomic E-state index is 14.5. The van der Waals surface area contributed by atoms with Crippen LogP contribution in [0.2, 0.25) is 0 Å². The van der Waals surface area contributed by atoms with Crippen molar-refractivity contribution in [3.63, 3.8) is 0 Å². The molecule has 2 aliphatic carbocycles. The Morgan fingerprint density at radius 3 is 2.18 bits per heavy atom. The van der Waals surface area contributed by atoms with Crippen molar-refractivity contribution >= 4 is 39.7 Å². The van der Waals surface area contributed by atoms with Gasteiger partial charge in [-0.05, 0) is 48.3 Å². The Morgan fingerprint density at radius 1 is 1.00 bits per heavy atom. The second kappa shape index (κ2) is 16.8. The Balaban J connectivity index is 1.84. The molecule has 2 saturated carbocycles. The number of carbonyl (C=O) groups is 5. The number of nitrogens with one attached hydrogen (secondary N) is 4. The third-order valence-electron chi connectivity index (χ3n) is 10.7. The molecule has 278 valence electrons. The molecule has 6 atom stereocenters. The summed E-state index contributed by atoms with van der Waals surface area (Å²) in [6, 6.07) is -3.92. The maximum absolute atomic E-state index is 14.5. The molecule has 3 fully saturated rings. The topological polar surface area (TPSA) is 177 Å². The first kappa shape index (κ1) is 40.4. The van der Waals surface area contributed by atoms with Crippen molar-refractivity contribution < 1.29 is 32.4 Å². The largest absolute Gasteiger partial charge is 0.346 e. The van der Waals surface area contributed by atoms with Gasteiger partial charge < -0.3 is 26.2 Å². The number of nitrogens with zero attached hydrogens (tertiary/aromatic N) is 3. The lowest BCUT2D eigenvalue weighted by Gasteiger charge is -2.37. The van der Waals surface area contributed by atoms with Gasteiger partial charge in [-0.3, -0.25) is 19.2 Å². The molecule has 15 heteroatoms. The number of rotatable bonds is 17. The van der Waals surface area contributed by atoms with E-state index in [1.54, 1.807) is 4.90 Å². The second-order valence-electron chi connectivity index (χ2n) is 15.0. The van der Waals surface area contributed by atoms with Crippen LogP contribution >= 0.6 is 0 Å². The second-order valence-corrected chi connectivity index (χ2v) is 17.3. The van der Waals surface area contributed by atoms with Gasteiger partial charge in [0.15, 0.2) is 0 Å². The molecule has 49 heavy (non-hydrogen) atoms. The van der Waals surface area contributed by atoms with E-state index in [0.29, 0.717) is 13.0 Å². The van der Waals surface area contributed by atoms with Gasteiger partial charge in [0.1, 0.15) is 12.1 Å². The molecule has 5 amide bonds. The summed E-state index contributed by atoms with van der Waals surface area (Å²) in [5.41, 5.74) is -0.196. The number of urea groups is 1. The van der Waals surface area contributed by atoms with E-state index in [9.17, 15) is 32.4 Å². The lowest BCUT2D eigenvalue weighted by atomic mass is 9.83. The molecule has 14 nitrogen and oxygen atoms in total. The summed E-state index contributed by atoms with van der Waals surface area (Å²) in [5.74, 6) is -2.70. The molecular weight excluding hydrogens is 650 g/mol. The normalized spacial score (nSPS) is 23.7. The first-order chi connectivity index (χ1) is 22.9. The summed E-state index contributed by atoms with van der Waals surface area (Å²) in [7, 11) is 0.628. The van der Waals surface area contributed by atoms with Gasteiger partial charge in [-0.15, -0.1) is 6.58 Å². The number of likely N-dealkylation sites (N-methyl/N-ethyl adjacent to an activating group) is 1. The first-order valence-electron chi connectivity index (χ1n) is 17.6. The monoisotopic (exact) mass is 709 g/mol. The molecule has 3 rings (SSSR count). The van der Waals surface area contributed by atoms with Crippen LogP contribution in [0.3, 0.4) is 0 Å². The quantitative estimate of drug-likeness (QED) is 0.131. The number of Topliss-reactive ketones (excluding diaryl/α,β-unsaturated/α-hetero) is 1. The first-order valence-corrected chi connectivity index (χ1v) is 19.0. The minimum Gasteiger partial charge on any atom is -0.346 e. The van der Waals surface area contributed by atoms with Crippen LogP contribution in [-0.2, 0) is 29.4 Å². The maximum Gasteiger partial charge on any atom is 0.315 e. The fraction of sp³-hybridized carbons (Fsp3) is 0.794. The Hall–Kier alpha value is -3.04. The predicted octanol–water partition coefficient (Wildman–Crippen LogP) is 1.64. The van der Waals surface area contributed by atoms with Gasteiger partial charge in [-0.2, -0.15) is 17.0 Å². The standard InChI is InChI=1S/C34H59N7O7S/c1-10-15-24(29(42)31(44)35-18-11-2)36-30(43)28-26-23(34(26,5)6)19-41(28)32(45)27(22-16-13-12-14-17-22)38-33(46)37-25(21(3)4)20-40(9)49(47,48)39(7)8/h11,21-28H,2,10,12-20H2,1,3-9H3,(H,35,44)(H,36,43)(H2,37,38,46)/t23-,24+,25+,26-,27-,28-/m0/s1. The Bertz CT molecular complexity index is 1350. The summed E-state index contributed by atoms with van der Waals surface area (Å²) in [6.45, 7) is 13.8. The number of piperidine rings is 1. The smallest absolute Gasteiger partial charge is 0.315 e. The molecule has 0 aromatic rings. The minimum absolute atomic E-state index is 0.0315. The highest BCUT2D eigenvalue weighted by Gasteiger charge is 2.69. The molecule has 0 spiro atoms. The zero-order chi connectivity index (χ0) is 36.8. The lowest BCUT2D eigenvalue weighted by Crippen LogP contribution is -2.61. The average molecular weight is 710 g/mol. The van der Waals surface area contributed by atoms with Crippen LogP contribution in [0.15, 0.2) is 12.7 Å². The van der Waals surface area contributed by atoms with Gasteiger partial charge in [0.25, 0.3) is 16.1 Å². The highest BCUT2D eigenvalue weighted by atomic mass is 32.2. The highest BCUT2D eigenvalue weighted by Crippen LogP contribution is 2.65. The van der Waals surface area contributed by atoms with Crippen molar-refractivity contribution in [1.29, 1.82) is 0 Å². The van der Waals surface area contributed by atoms with Crippen molar-refractivity contribution in [1.82, 2.24) is 34.8 Å². The molecule has 1 aliphatic heterocycles. The van der Waals surface area contributed by atoms with Crippen LogP contribution in [0.1, 0.15) is 79.6 Å². The van der Waals surface area contributed by atoms with E-state index in [1.807, 2.05) is 20.8 Å². The van der Waals surface area contributed by atoms with E-state index in [-0.39, 0.29) is 54.5 Å². The number of likely N-dealkylation sites (tertiary alicyclic amines) is 1. The molecule has 3 aliphatic rings. The Labute approximate surface area is 292 Å². The van der Waals surface area contributed by atoms with Gasteiger partial charge in [-0.1, -0.05) is 66.4 Å². The molecule has 1 heterocycles. The summed E-state index contributed by atoms with van der Waals surface area (Å²) < 4.78 is 27.6. The van der Waals surface area contributed by atoms with E-state index in [4.69, 9.17) is 0 Å². The van der Waals surface area contributed by atoms with Gasteiger partial charge >= 0.3 is 6.03 Å². The van der Waals surface area contributed by atoms with Gasteiger partial charge in [0, 0.05) is 46.8 Å². The van der Waals surface area contributed by atoms with Crippen LogP contribution in [0, 0.1) is 29.1 Å². The van der Waals surface area contributed by atoms with E-state index in [2.05, 4.69) is 41.7 Å². The molecule has 1 saturated heterocycles. The molecule has 0 aromatic carbocycles. The number of carbonyl (C=O) groups excluding carboxylic acids is 5. The summed E-state index contributed by atoms with van der Waals surface area (Å²) in [5, 5.41) is 11.1. The average Bonchev–Trinajstić information content (AvgIpc) is 3.35. The fourth-order valence-electron chi connectivity index (χ4n) is 7.49. The minimum atomic E-state index is -3.71. The van der Waals surface area contributed by atoms with Crippen molar-refractivity contribution in [2.75, 3.05) is 40.8 Å². The van der Waals surface area contributed by atoms with Crippen molar-refractivity contribution in [3.8, 4) is 0 Å². The van der Waals surface area contributed by atoms with Gasteiger partial charge in [0.2, 0.25) is 17.6 Å². The van der Waals surface area contributed by atoms with Gasteiger partial charge in [0.05, 0.1) is 6.04 Å². The molecule has 0 unspecified atom stereocenters. The van der Waals surface area contributed by atoms with E-state index in [0.717, 1.165) is 36.4 Å². The zero-order valence-electron chi connectivity index (χ0n) is 30.6. The molecule has 4 N–H and O–H groups in total. The Kier molecular flexibility index (Phi) is 13.8. The molecule has 0 aromatic heterocycles. The summed E-state index contributed by atoms with van der Waals surface area (Å²) in [4.78, 5) is 69.2. The van der Waals surface area contributed by atoms with Crippen LogP contribution < -0.4 is 21.3 Å². The van der Waals surface area contributed by atoms with Crippen LogP contribution in [0.5, 0.6) is 0 Å². The van der Waals surface area contributed by atoms with Crippen LogP contribution in [-0.4, -0.2) is 116 Å². The zero-order valence-corrected chi connectivity index (χ0v) is 31.4. The van der Waals surface area contributed by atoms with E-state index < -0.39 is 58.0 Å². The van der Waals surface area contributed by atoms with Crippen molar-refractivity contribution in [2.24, 2.45) is 29.1 Å². The number of hydrogen-bond acceptors (Lipinski definition) is 7. The third-order valence-corrected chi connectivity index (χ3v) is 12.6. The number of hydrogen-bond donors (Lipinski definition) is 4.